The van der Waals surface area contributed by atoms with Gasteiger partial charge in [0.15, 0.2) is 6.10 Å². The fourth-order valence-electron chi connectivity index (χ4n) is 9.25. The van der Waals surface area contributed by atoms with E-state index in [4.69, 9.17) is 18.5 Å². The molecule has 0 heterocycles. The molecule has 0 aromatic rings. The fourth-order valence-corrected chi connectivity index (χ4v) is 9.99. The van der Waals surface area contributed by atoms with Crippen LogP contribution in [0.3, 0.4) is 0 Å². The normalized spacial score (nSPS) is 13.3. The number of allylic oxidation sites excluding steroid dienone is 2. The minimum atomic E-state index is -4.37. The lowest BCUT2D eigenvalue weighted by atomic mass is 10.0. The highest BCUT2D eigenvalue weighted by atomic mass is 31.2. The number of carbonyl (C=O) groups excluding carboxylic acids is 2. The van der Waals surface area contributed by atoms with Crippen molar-refractivity contribution in [2.75, 3.05) is 47.5 Å². The summed E-state index contributed by atoms with van der Waals surface area (Å²) in [6.45, 7) is 4.44. The van der Waals surface area contributed by atoms with Crippen molar-refractivity contribution in [3.63, 3.8) is 0 Å². The lowest BCUT2D eigenvalue weighted by Crippen LogP contribution is -2.37. The number of hydrogen-bond acceptors (Lipinski definition) is 7. The molecule has 0 spiro atoms. The van der Waals surface area contributed by atoms with Crippen LogP contribution in [-0.4, -0.2) is 74.9 Å². The van der Waals surface area contributed by atoms with Crippen LogP contribution in [-0.2, 0) is 32.7 Å². The van der Waals surface area contributed by atoms with Gasteiger partial charge in [-0.05, 0) is 38.5 Å². The summed E-state index contributed by atoms with van der Waals surface area (Å²) in [6.07, 6.45) is 63.5. The van der Waals surface area contributed by atoms with Gasteiger partial charge >= 0.3 is 19.8 Å². The minimum absolute atomic E-state index is 0.0361. The van der Waals surface area contributed by atoms with Crippen molar-refractivity contribution in [1.29, 1.82) is 0 Å². The van der Waals surface area contributed by atoms with E-state index in [0.29, 0.717) is 17.4 Å². The maximum Gasteiger partial charge on any atom is 0.472 e. The van der Waals surface area contributed by atoms with Crippen molar-refractivity contribution in [2.24, 2.45) is 0 Å². The number of likely N-dealkylation sites (N-methyl/N-ethyl adjacent to an activating group) is 1. The average Bonchev–Trinajstić information content (AvgIpc) is 3.33. The number of unbranched alkanes of at least 4 members (excludes halogenated alkanes) is 42. The smallest absolute Gasteiger partial charge is 0.462 e. The van der Waals surface area contributed by atoms with Gasteiger partial charge in [-0.15, -0.1) is 0 Å². The standard InChI is InChI=1S/C61H120NO8P/c1-6-8-10-12-14-16-17-18-19-20-21-22-23-24-25-26-27-28-29-30-31-32-33-34-35-36-37-38-39-40-41-42-43-44-45-46-48-50-52-54-61(64)70-59(58-69-71(65,66)68-56-55-62(3,4)5)57-67-60(63)53-51-49-47-15-13-11-9-7-2/h20-21,59H,6-19,22-58H2,1-5H3/p+1/b21-20-. The van der Waals surface area contributed by atoms with Crippen LogP contribution in [0.2, 0.25) is 0 Å². The highest BCUT2D eigenvalue weighted by Crippen LogP contribution is 2.43. The van der Waals surface area contributed by atoms with Crippen molar-refractivity contribution >= 4 is 19.8 Å². The average molecular weight is 1030 g/mol. The molecule has 2 atom stereocenters. The summed E-state index contributed by atoms with van der Waals surface area (Å²) < 4.78 is 34.4. The molecule has 0 saturated heterocycles. The molecule has 422 valence electrons. The van der Waals surface area contributed by atoms with Crippen LogP contribution in [0, 0.1) is 0 Å². The van der Waals surface area contributed by atoms with Gasteiger partial charge in [0, 0.05) is 12.8 Å². The molecule has 0 aliphatic heterocycles. The van der Waals surface area contributed by atoms with E-state index < -0.39 is 26.5 Å². The Labute approximate surface area is 441 Å². The number of ether oxygens (including phenoxy) is 2. The summed E-state index contributed by atoms with van der Waals surface area (Å²) >= 11 is 0. The van der Waals surface area contributed by atoms with E-state index in [0.717, 1.165) is 38.5 Å². The lowest BCUT2D eigenvalue weighted by molar-refractivity contribution is -0.870. The molecule has 0 fully saturated rings. The van der Waals surface area contributed by atoms with Crippen molar-refractivity contribution in [3.05, 3.63) is 12.2 Å². The summed E-state index contributed by atoms with van der Waals surface area (Å²) in [7, 11) is 1.50. The quantitative estimate of drug-likeness (QED) is 0.0211. The zero-order valence-electron chi connectivity index (χ0n) is 48.0. The third kappa shape index (κ3) is 57.9. The van der Waals surface area contributed by atoms with E-state index in [9.17, 15) is 19.0 Å². The second kappa shape index (κ2) is 53.6. The second-order valence-electron chi connectivity index (χ2n) is 22.5. The van der Waals surface area contributed by atoms with Crippen LogP contribution >= 0.6 is 7.82 Å². The fraction of sp³-hybridized carbons (Fsp3) is 0.934. The molecule has 0 aliphatic carbocycles. The summed E-state index contributed by atoms with van der Waals surface area (Å²) in [5.41, 5.74) is 0. The van der Waals surface area contributed by atoms with Crippen LogP contribution in [0.15, 0.2) is 12.2 Å². The van der Waals surface area contributed by atoms with Gasteiger partial charge < -0.3 is 18.9 Å². The Bertz CT molecular complexity index is 1210. The molecule has 10 heteroatoms. The van der Waals surface area contributed by atoms with Gasteiger partial charge in [0.25, 0.3) is 0 Å². The number of nitrogens with zero attached hydrogens (tertiary/aromatic N) is 1. The summed E-state index contributed by atoms with van der Waals surface area (Å²) in [5.74, 6) is -0.786. The molecular weight excluding hydrogens is 906 g/mol. The van der Waals surface area contributed by atoms with Gasteiger partial charge in [-0.1, -0.05) is 276 Å². The third-order valence-corrected chi connectivity index (χ3v) is 15.0. The summed E-state index contributed by atoms with van der Waals surface area (Å²) in [6, 6.07) is 0. The Morgan fingerprint density at radius 1 is 0.423 bits per heavy atom. The molecule has 71 heavy (non-hydrogen) atoms. The van der Waals surface area contributed by atoms with Crippen LogP contribution in [0.4, 0.5) is 0 Å². The largest absolute Gasteiger partial charge is 0.472 e. The SMILES string of the molecule is CCCCCCCCCC/C=C\CCCCCCCCCCCCCCCCCCCCCCCCCCCCCC(=O)OC(COC(=O)CCCCCCCCCC)COP(=O)(O)OCC[N+](C)(C)C. The molecule has 9 nitrogen and oxygen atoms in total. The van der Waals surface area contributed by atoms with Crippen molar-refractivity contribution in [1.82, 2.24) is 0 Å². The van der Waals surface area contributed by atoms with Gasteiger partial charge in [0.1, 0.15) is 19.8 Å². The number of quaternary nitrogens is 1. The Morgan fingerprint density at radius 3 is 1.04 bits per heavy atom. The number of esters is 2. The molecule has 0 amide bonds. The minimum Gasteiger partial charge on any atom is -0.462 e. The Kier molecular flexibility index (Phi) is 52.6. The van der Waals surface area contributed by atoms with Crippen molar-refractivity contribution in [2.45, 2.75) is 322 Å². The number of phosphoric acid groups is 1. The van der Waals surface area contributed by atoms with Gasteiger partial charge in [-0.3, -0.25) is 18.6 Å². The van der Waals surface area contributed by atoms with E-state index in [-0.39, 0.29) is 25.6 Å². The number of hydrogen-bond donors (Lipinski definition) is 1. The van der Waals surface area contributed by atoms with Gasteiger partial charge in [0.05, 0.1) is 27.7 Å². The van der Waals surface area contributed by atoms with Crippen LogP contribution in [0.1, 0.15) is 316 Å². The highest BCUT2D eigenvalue weighted by molar-refractivity contribution is 7.47. The Balaban J connectivity index is 3.75. The number of carbonyl (C=O) groups is 2. The molecule has 0 radical (unpaired) electrons. The maximum atomic E-state index is 12.7. The first kappa shape index (κ1) is 69.8. The first-order chi connectivity index (χ1) is 34.5. The van der Waals surface area contributed by atoms with Crippen LogP contribution < -0.4 is 0 Å². The van der Waals surface area contributed by atoms with Gasteiger partial charge in [-0.25, -0.2) is 4.57 Å². The molecule has 1 N–H and O–H groups in total. The third-order valence-electron chi connectivity index (χ3n) is 14.0. The van der Waals surface area contributed by atoms with E-state index >= 15 is 0 Å². The highest BCUT2D eigenvalue weighted by Gasteiger charge is 2.27. The van der Waals surface area contributed by atoms with Gasteiger partial charge in [0.2, 0.25) is 0 Å². The predicted molar refractivity (Wildman–Crippen MR) is 303 cm³/mol. The molecule has 0 aromatic heterocycles. The van der Waals surface area contributed by atoms with Crippen LogP contribution in [0.25, 0.3) is 0 Å². The monoisotopic (exact) mass is 1030 g/mol. The van der Waals surface area contributed by atoms with E-state index in [1.54, 1.807) is 0 Å². The zero-order chi connectivity index (χ0) is 52.0. The number of phosphoric ester groups is 1. The Hall–Kier alpha value is -1.25. The molecule has 0 rings (SSSR count). The van der Waals surface area contributed by atoms with Crippen molar-refractivity contribution in [3.8, 4) is 0 Å². The summed E-state index contributed by atoms with van der Waals surface area (Å²) in [5, 5.41) is 0. The van der Waals surface area contributed by atoms with E-state index in [1.165, 1.54) is 250 Å². The van der Waals surface area contributed by atoms with E-state index in [2.05, 4.69) is 26.0 Å². The molecular formula is C61H121NO8P+. The van der Waals surface area contributed by atoms with Gasteiger partial charge in [-0.2, -0.15) is 0 Å². The zero-order valence-corrected chi connectivity index (χ0v) is 48.9. The van der Waals surface area contributed by atoms with E-state index in [1.807, 2.05) is 21.1 Å². The first-order valence-electron chi connectivity index (χ1n) is 30.9. The summed E-state index contributed by atoms with van der Waals surface area (Å²) in [4.78, 5) is 35.4. The second-order valence-corrected chi connectivity index (χ2v) is 23.9. The molecule has 0 bridgehead atoms. The predicted octanol–water partition coefficient (Wildman–Crippen LogP) is 19.2. The molecule has 0 aliphatic rings. The molecule has 0 saturated carbocycles. The maximum absolute atomic E-state index is 12.7. The molecule has 0 aromatic carbocycles. The lowest BCUT2D eigenvalue weighted by Gasteiger charge is -2.24. The number of rotatable bonds is 58. The Morgan fingerprint density at radius 2 is 0.718 bits per heavy atom. The molecule has 2 unspecified atom stereocenters. The van der Waals surface area contributed by atoms with Crippen molar-refractivity contribution < 1.29 is 42.1 Å². The van der Waals surface area contributed by atoms with Crippen LogP contribution in [0.5, 0.6) is 0 Å². The topological polar surface area (TPSA) is 108 Å². The first-order valence-corrected chi connectivity index (χ1v) is 32.4.